The molecule has 2 heterocycles. The van der Waals surface area contributed by atoms with E-state index in [1.807, 2.05) is 0 Å². The van der Waals surface area contributed by atoms with Crippen LogP contribution in [-0.4, -0.2) is 36.6 Å². The Morgan fingerprint density at radius 1 is 1.12 bits per heavy atom. The summed E-state index contributed by atoms with van der Waals surface area (Å²) >= 11 is 0. The van der Waals surface area contributed by atoms with Gasteiger partial charge in [-0.3, -0.25) is 4.90 Å². The Morgan fingerprint density at radius 3 is 2.59 bits per heavy atom. The topological polar surface area (TPSA) is 15.3 Å². The molecule has 0 radical (unpaired) electrons. The Balaban J connectivity index is 1.91. The third kappa shape index (κ3) is 3.45. The van der Waals surface area contributed by atoms with Gasteiger partial charge in [-0.1, -0.05) is 33.1 Å². The number of nitrogens with one attached hydrogen (secondary N) is 1. The van der Waals surface area contributed by atoms with E-state index < -0.39 is 0 Å². The molecule has 0 saturated carbocycles. The summed E-state index contributed by atoms with van der Waals surface area (Å²) < 4.78 is 0. The molecule has 0 aromatic carbocycles. The molecule has 2 aliphatic rings. The van der Waals surface area contributed by atoms with Crippen LogP contribution in [-0.2, 0) is 0 Å². The second kappa shape index (κ2) is 6.75. The molecule has 2 fully saturated rings. The summed E-state index contributed by atoms with van der Waals surface area (Å²) in [4.78, 5) is 2.81. The Labute approximate surface area is 107 Å². The molecule has 100 valence electrons. The molecule has 0 spiro atoms. The van der Waals surface area contributed by atoms with E-state index >= 15 is 0 Å². The van der Waals surface area contributed by atoms with Crippen molar-refractivity contribution in [2.75, 3.05) is 19.6 Å². The minimum Gasteiger partial charge on any atom is -0.312 e. The van der Waals surface area contributed by atoms with E-state index in [1.165, 1.54) is 64.6 Å². The van der Waals surface area contributed by atoms with Crippen molar-refractivity contribution < 1.29 is 0 Å². The smallest absolute Gasteiger partial charge is 0.0249 e. The molecule has 0 bridgehead atoms. The molecule has 17 heavy (non-hydrogen) atoms. The van der Waals surface area contributed by atoms with Crippen LogP contribution in [0.25, 0.3) is 0 Å². The van der Waals surface area contributed by atoms with E-state index in [0.717, 1.165) is 18.0 Å². The second-order valence-electron chi connectivity index (χ2n) is 5.94. The van der Waals surface area contributed by atoms with Crippen molar-refractivity contribution in [3.05, 3.63) is 0 Å². The lowest BCUT2D eigenvalue weighted by molar-refractivity contribution is 0.0985. The Hall–Kier alpha value is -0.0800. The van der Waals surface area contributed by atoms with Crippen molar-refractivity contribution in [1.29, 1.82) is 0 Å². The van der Waals surface area contributed by atoms with Crippen LogP contribution >= 0.6 is 0 Å². The van der Waals surface area contributed by atoms with E-state index in [2.05, 4.69) is 24.1 Å². The normalized spacial score (nSPS) is 31.2. The average Bonchev–Trinajstić information content (AvgIpc) is 2.90. The predicted molar refractivity (Wildman–Crippen MR) is 74.3 cm³/mol. The number of hydrogen-bond donors (Lipinski definition) is 1. The van der Waals surface area contributed by atoms with Gasteiger partial charge in [0.05, 0.1) is 0 Å². The monoisotopic (exact) mass is 238 g/mol. The number of likely N-dealkylation sites (tertiary alicyclic amines) is 1. The highest BCUT2D eigenvalue weighted by molar-refractivity contribution is 4.91. The first-order chi connectivity index (χ1) is 8.35. The summed E-state index contributed by atoms with van der Waals surface area (Å²) in [7, 11) is 0. The summed E-state index contributed by atoms with van der Waals surface area (Å²) in [5, 5.41) is 3.72. The van der Waals surface area contributed by atoms with Crippen LogP contribution < -0.4 is 5.32 Å². The van der Waals surface area contributed by atoms with Crippen molar-refractivity contribution in [2.24, 2.45) is 5.92 Å². The molecular formula is C15H30N2. The minimum absolute atomic E-state index is 0.796. The first-order valence-electron chi connectivity index (χ1n) is 7.82. The van der Waals surface area contributed by atoms with Gasteiger partial charge in [0, 0.05) is 18.6 Å². The van der Waals surface area contributed by atoms with Gasteiger partial charge >= 0.3 is 0 Å². The number of rotatable bonds is 5. The van der Waals surface area contributed by atoms with Crippen LogP contribution in [0.4, 0.5) is 0 Å². The fourth-order valence-electron chi connectivity index (χ4n) is 3.62. The van der Waals surface area contributed by atoms with Gasteiger partial charge < -0.3 is 5.32 Å². The minimum atomic E-state index is 0.796. The van der Waals surface area contributed by atoms with Gasteiger partial charge in [0.15, 0.2) is 0 Å². The van der Waals surface area contributed by atoms with Crippen molar-refractivity contribution in [3.63, 3.8) is 0 Å². The molecule has 2 atom stereocenters. The predicted octanol–water partition coefficient (Wildman–Crippen LogP) is 3.03. The standard InChI is InChI=1S/C15H30N2/c1-3-13(4-2)12-17-11-6-5-9-15(17)14-8-7-10-16-14/h13-16H,3-12H2,1-2H3. The molecule has 2 saturated heterocycles. The van der Waals surface area contributed by atoms with Crippen LogP contribution in [0.5, 0.6) is 0 Å². The van der Waals surface area contributed by atoms with Crippen LogP contribution in [0.3, 0.4) is 0 Å². The Morgan fingerprint density at radius 2 is 1.94 bits per heavy atom. The van der Waals surface area contributed by atoms with Gasteiger partial charge in [0.2, 0.25) is 0 Å². The molecule has 2 rings (SSSR count). The van der Waals surface area contributed by atoms with E-state index in [4.69, 9.17) is 0 Å². The zero-order valence-corrected chi connectivity index (χ0v) is 11.8. The van der Waals surface area contributed by atoms with Gasteiger partial charge in [-0.2, -0.15) is 0 Å². The molecule has 0 aliphatic carbocycles. The van der Waals surface area contributed by atoms with Crippen LogP contribution in [0.1, 0.15) is 58.8 Å². The van der Waals surface area contributed by atoms with Gasteiger partial charge in [-0.15, -0.1) is 0 Å². The molecule has 0 amide bonds. The van der Waals surface area contributed by atoms with Gasteiger partial charge in [-0.05, 0) is 44.7 Å². The highest BCUT2D eigenvalue weighted by Crippen LogP contribution is 2.26. The first-order valence-corrected chi connectivity index (χ1v) is 7.82. The van der Waals surface area contributed by atoms with E-state index in [9.17, 15) is 0 Å². The SMILES string of the molecule is CCC(CC)CN1CCCCC1C1CCCN1. The zero-order valence-electron chi connectivity index (χ0n) is 11.8. The lowest BCUT2D eigenvalue weighted by Gasteiger charge is -2.41. The fraction of sp³-hybridized carbons (Fsp3) is 1.00. The maximum absolute atomic E-state index is 3.72. The molecule has 2 aliphatic heterocycles. The van der Waals surface area contributed by atoms with E-state index in [-0.39, 0.29) is 0 Å². The maximum Gasteiger partial charge on any atom is 0.0249 e. The number of hydrogen-bond acceptors (Lipinski definition) is 2. The maximum atomic E-state index is 3.72. The van der Waals surface area contributed by atoms with Gasteiger partial charge in [0.25, 0.3) is 0 Å². The number of piperidine rings is 1. The van der Waals surface area contributed by atoms with E-state index in [1.54, 1.807) is 0 Å². The van der Waals surface area contributed by atoms with Crippen LogP contribution in [0.15, 0.2) is 0 Å². The molecular weight excluding hydrogens is 208 g/mol. The highest BCUT2D eigenvalue weighted by Gasteiger charge is 2.31. The van der Waals surface area contributed by atoms with Gasteiger partial charge in [0.1, 0.15) is 0 Å². The average molecular weight is 238 g/mol. The Bertz CT molecular complexity index is 207. The van der Waals surface area contributed by atoms with Crippen molar-refractivity contribution >= 4 is 0 Å². The molecule has 2 heteroatoms. The van der Waals surface area contributed by atoms with Gasteiger partial charge in [-0.25, -0.2) is 0 Å². The third-order valence-electron chi connectivity index (χ3n) is 4.87. The first kappa shape index (κ1) is 13.4. The summed E-state index contributed by atoms with van der Waals surface area (Å²) in [6.45, 7) is 8.64. The van der Waals surface area contributed by atoms with Crippen molar-refractivity contribution in [1.82, 2.24) is 10.2 Å². The lowest BCUT2D eigenvalue weighted by atomic mass is 9.92. The van der Waals surface area contributed by atoms with E-state index in [0.29, 0.717) is 0 Å². The number of nitrogens with zero attached hydrogens (tertiary/aromatic N) is 1. The second-order valence-corrected chi connectivity index (χ2v) is 5.94. The molecule has 0 aromatic rings. The molecule has 0 aromatic heterocycles. The highest BCUT2D eigenvalue weighted by atomic mass is 15.2. The largest absolute Gasteiger partial charge is 0.312 e. The summed E-state index contributed by atoms with van der Waals surface area (Å²) in [5.74, 6) is 0.914. The molecule has 2 unspecified atom stereocenters. The summed E-state index contributed by atoms with van der Waals surface area (Å²) in [6.07, 6.45) is 9.78. The molecule has 2 nitrogen and oxygen atoms in total. The summed E-state index contributed by atoms with van der Waals surface area (Å²) in [6, 6.07) is 1.64. The quantitative estimate of drug-likeness (QED) is 0.792. The lowest BCUT2D eigenvalue weighted by Crippen LogP contribution is -2.51. The van der Waals surface area contributed by atoms with Crippen molar-refractivity contribution in [2.45, 2.75) is 70.9 Å². The van der Waals surface area contributed by atoms with Crippen LogP contribution in [0, 0.1) is 5.92 Å². The zero-order chi connectivity index (χ0) is 12.1. The third-order valence-corrected chi connectivity index (χ3v) is 4.87. The Kier molecular flexibility index (Phi) is 5.30. The van der Waals surface area contributed by atoms with Crippen LogP contribution in [0.2, 0.25) is 0 Å². The fourth-order valence-corrected chi connectivity index (χ4v) is 3.62. The summed E-state index contributed by atoms with van der Waals surface area (Å²) in [5.41, 5.74) is 0. The van der Waals surface area contributed by atoms with Crippen molar-refractivity contribution in [3.8, 4) is 0 Å². The molecule has 1 N–H and O–H groups in total.